The van der Waals surface area contributed by atoms with Gasteiger partial charge in [-0.1, -0.05) is 0 Å². The molecule has 0 aliphatic carbocycles. The molecule has 0 amide bonds. The van der Waals surface area contributed by atoms with Gasteiger partial charge in [0.15, 0.2) is 11.4 Å². The number of hydrogen-bond acceptors (Lipinski definition) is 6. The van der Waals surface area contributed by atoms with E-state index in [-0.39, 0.29) is 0 Å². The third kappa shape index (κ3) is 2.50. The van der Waals surface area contributed by atoms with Crippen LogP contribution in [-0.4, -0.2) is 30.1 Å². The van der Waals surface area contributed by atoms with Crippen LogP contribution in [0.15, 0.2) is 6.07 Å². The minimum absolute atomic E-state index is 0.481. The molecule has 0 spiro atoms. The SMILES string of the molecule is COC(=O)c1cc(OC)c([N+](=O)[O-])c(C(F)F)n1. The average molecular weight is 262 g/mol. The van der Waals surface area contributed by atoms with Crippen LogP contribution in [0, 0.1) is 10.1 Å². The van der Waals surface area contributed by atoms with Gasteiger partial charge in [0, 0.05) is 6.07 Å². The summed E-state index contributed by atoms with van der Waals surface area (Å²) in [5, 5.41) is 10.7. The van der Waals surface area contributed by atoms with Crippen molar-refractivity contribution in [3.05, 3.63) is 27.6 Å². The van der Waals surface area contributed by atoms with E-state index in [1.54, 1.807) is 0 Å². The molecule has 0 radical (unpaired) electrons. The molecular formula is C9H8F2N2O5. The molecule has 18 heavy (non-hydrogen) atoms. The molecule has 1 rings (SSSR count). The Morgan fingerprint density at radius 1 is 1.50 bits per heavy atom. The number of hydrogen-bond donors (Lipinski definition) is 0. The highest BCUT2D eigenvalue weighted by Crippen LogP contribution is 2.35. The maximum atomic E-state index is 12.7. The normalized spacial score (nSPS) is 10.3. The van der Waals surface area contributed by atoms with Crippen LogP contribution in [0.2, 0.25) is 0 Å². The topological polar surface area (TPSA) is 91.6 Å². The second kappa shape index (κ2) is 5.34. The molecule has 0 saturated heterocycles. The lowest BCUT2D eigenvalue weighted by atomic mass is 10.2. The first-order chi connectivity index (χ1) is 8.42. The molecule has 1 heterocycles. The van der Waals surface area contributed by atoms with Crippen LogP contribution in [-0.2, 0) is 4.74 Å². The lowest BCUT2D eigenvalue weighted by Crippen LogP contribution is -2.10. The molecule has 1 aromatic rings. The summed E-state index contributed by atoms with van der Waals surface area (Å²) >= 11 is 0. The van der Waals surface area contributed by atoms with Crippen LogP contribution in [0.3, 0.4) is 0 Å². The van der Waals surface area contributed by atoms with Crippen molar-refractivity contribution < 1.29 is 28.0 Å². The highest BCUT2D eigenvalue weighted by molar-refractivity contribution is 5.88. The fourth-order valence-corrected chi connectivity index (χ4v) is 1.23. The summed E-state index contributed by atoms with van der Waals surface area (Å²) in [6, 6.07) is 0.871. The van der Waals surface area contributed by atoms with Crippen LogP contribution in [0.5, 0.6) is 5.75 Å². The monoisotopic (exact) mass is 262 g/mol. The van der Waals surface area contributed by atoms with Crippen molar-refractivity contribution >= 4 is 11.7 Å². The number of rotatable bonds is 4. The average Bonchev–Trinajstić information content (AvgIpc) is 2.35. The lowest BCUT2D eigenvalue weighted by Gasteiger charge is -2.08. The Bertz CT molecular complexity index is 492. The van der Waals surface area contributed by atoms with Gasteiger partial charge in [0.25, 0.3) is 6.43 Å². The second-order valence-electron chi connectivity index (χ2n) is 2.99. The Morgan fingerprint density at radius 2 is 2.11 bits per heavy atom. The van der Waals surface area contributed by atoms with Crippen LogP contribution < -0.4 is 4.74 Å². The summed E-state index contributed by atoms with van der Waals surface area (Å²) in [6.07, 6.45) is -3.22. The molecule has 0 aliphatic rings. The van der Waals surface area contributed by atoms with E-state index < -0.39 is 40.1 Å². The third-order valence-electron chi connectivity index (χ3n) is 1.99. The maximum Gasteiger partial charge on any atom is 0.356 e. The summed E-state index contributed by atoms with van der Waals surface area (Å²) in [5.74, 6) is -1.48. The number of aromatic nitrogens is 1. The lowest BCUT2D eigenvalue weighted by molar-refractivity contribution is -0.387. The Kier molecular flexibility index (Phi) is 4.08. The quantitative estimate of drug-likeness (QED) is 0.466. The number of ether oxygens (including phenoxy) is 2. The van der Waals surface area contributed by atoms with Gasteiger partial charge in [-0.2, -0.15) is 0 Å². The van der Waals surface area contributed by atoms with Gasteiger partial charge in [-0.25, -0.2) is 18.6 Å². The molecule has 7 nitrogen and oxygen atoms in total. The van der Waals surface area contributed by atoms with Gasteiger partial charge >= 0.3 is 11.7 Å². The smallest absolute Gasteiger partial charge is 0.356 e. The Balaban J connectivity index is 3.53. The van der Waals surface area contributed by atoms with Crippen LogP contribution in [0.1, 0.15) is 22.6 Å². The van der Waals surface area contributed by atoms with E-state index in [0.29, 0.717) is 0 Å². The molecule has 0 fully saturated rings. The van der Waals surface area contributed by atoms with Gasteiger partial charge in [-0.05, 0) is 0 Å². The van der Waals surface area contributed by atoms with Crippen molar-refractivity contribution in [2.45, 2.75) is 6.43 Å². The maximum absolute atomic E-state index is 12.7. The van der Waals surface area contributed by atoms with Gasteiger partial charge in [0.1, 0.15) is 0 Å². The van der Waals surface area contributed by atoms with Crippen LogP contribution >= 0.6 is 0 Å². The molecule has 0 atom stereocenters. The minimum Gasteiger partial charge on any atom is -0.490 e. The van der Waals surface area contributed by atoms with Crippen molar-refractivity contribution in [2.24, 2.45) is 0 Å². The first kappa shape index (κ1) is 13.7. The molecule has 1 aromatic heterocycles. The largest absolute Gasteiger partial charge is 0.490 e. The predicted octanol–water partition coefficient (Wildman–Crippen LogP) is 1.72. The number of nitrogens with zero attached hydrogens (tertiary/aromatic N) is 2. The van der Waals surface area contributed by atoms with E-state index in [0.717, 1.165) is 20.3 Å². The first-order valence-electron chi connectivity index (χ1n) is 4.52. The summed E-state index contributed by atoms with van der Waals surface area (Å²) in [4.78, 5) is 24.1. The van der Waals surface area contributed by atoms with Gasteiger partial charge in [-0.3, -0.25) is 10.1 Å². The molecule has 0 N–H and O–H groups in total. The van der Waals surface area contributed by atoms with E-state index in [1.807, 2.05) is 0 Å². The third-order valence-corrected chi connectivity index (χ3v) is 1.99. The van der Waals surface area contributed by atoms with Crippen LogP contribution in [0.4, 0.5) is 14.5 Å². The van der Waals surface area contributed by atoms with Crippen LogP contribution in [0.25, 0.3) is 0 Å². The predicted molar refractivity (Wildman–Crippen MR) is 53.7 cm³/mol. The van der Waals surface area contributed by atoms with Gasteiger partial charge in [0.2, 0.25) is 5.75 Å². The van der Waals surface area contributed by atoms with Crippen molar-refractivity contribution in [3.8, 4) is 5.75 Å². The number of carbonyl (C=O) groups is 1. The number of pyridine rings is 1. The zero-order valence-corrected chi connectivity index (χ0v) is 9.35. The summed E-state index contributed by atoms with van der Waals surface area (Å²) in [6.45, 7) is 0. The highest BCUT2D eigenvalue weighted by atomic mass is 19.3. The zero-order valence-electron chi connectivity index (χ0n) is 9.35. The van der Waals surface area contributed by atoms with E-state index in [9.17, 15) is 23.7 Å². The second-order valence-corrected chi connectivity index (χ2v) is 2.99. The Hall–Kier alpha value is -2.32. The number of methoxy groups -OCH3 is 2. The van der Waals surface area contributed by atoms with Gasteiger partial charge < -0.3 is 9.47 Å². The standard InChI is InChI=1S/C9H8F2N2O5/c1-17-5-3-4(9(14)18-2)12-6(8(10)11)7(5)13(15)16/h3,8H,1-2H3. The van der Waals surface area contributed by atoms with Crippen molar-refractivity contribution in [2.75, 3.05) is 14.2 Å². The number of halogens is 2. The molecule has 0 bridgehead atoms. The van der Waals surface area contributed by atoms with Crippen molar-refractivity contribution in [1.82, 2.24) is 4.98 Å². The molecule has 98 valence electrons. The van der Waals surface area contributed by atoms with E-state index in [1.165, 1.54) is 0 Å². The fourth-order valence-electron chi connectivity index (χ4n) is 1.23. The first-order valence-corrected chi connectivity index (χ1v) is 4.52. The Morgan fingerprint density at radius 3 is 2.50 bits per heavy atom. The number of carbonyl (C=O) groups excluding carboxylic acids is 1. The minimum atomic E-state index is -3.22. The van der Waals surface area contributed by atoms with E-state index in [2.05, 4.69) is 14.5 Å². The molecule has 0 aromatic carbocycles. The zero-order chi connectivity index (χ0) is 13.9. The van der Waals surface area contributed by atoms with E-state index in [4.69, 9.17) is 0 Å². The fraction of sp³-hybridized carbons (Fsp3) is 0.333. The highest BCUT2D eigenvalue weighted by Gasteiger charge is 2.31. The van der Waals surface area contributed by atoms with Crippen molar-refractivity contribution in [1.29, 1.82) is 0 Å². The summed E-state index contributed by atoms with van der Waals surface area (Å²) in [5.41, 5.74) is -2.60. The summed E-state index contributed by atoms with van der Waals surface area (Å²) in [7, 11) is 2.08. The molecule has 0 unspecified atom stereocenters. The van der Waals surface area contributed by atoms with E-state index >= 15 is 0 Å². The van der Waals surface area contributed by atoms with Gasteiger partial charge in [-0.15, -0.1) is 0 Å². The Labute approximate surface area is 99.5 Å². The van der Waals surface area contributed by atoms with Crippen molar-refractivity contribution in [3.63, 3.8) is 0 Å². The molecule has 9 heteroatoms. The van der Waals surface area contributed by atoms with Gasteiger partial charge in [0.05, 0.1) is 19.1 Å². The number of esters is 1. The molecule has 0 aliphatic heterocycles. The number of nitro groups is 1. The molecule has 0 saturated carbocycles. The molecular weight excluding hydrogens is 254 g/mol. The number of alkyl halides is 2. The summed E-state index contributed by atoms with van der Waals surface area (Å²) < 4.78 is 34.3.